The van der Waals surface area contributed by atoms with Crippen molar-refractivity contribution in [2.75, 3.05) is 13.1 Å². The zero-order valence-electron chi connectivity index (χ0n) is 15.2. The SMILES string of the molecule is O=C(NC1CCN(C2CC(c3ccccc3)NN2)CC1)c1ccccc1Cl. The van der Waals surface area contributed by atoms with Crippen molar-refractivity contribution < 1.29 is 4.79 Å². The molecule has 0 aliphatic carbocycles. The summed E-state index contributed by atoms with van der Waals surface area (Å²) in [6, 6.07) is 18.3. The van der Waals surface area contributed by atoms with Crippen LogP contribution in [0.4, 0.5) is 0 Å². The predicted octanol–water partition coefficient (Wildman–Crippen LogP) is 3.10. The van der Waals surface area contributed by atoms with Gasteiger partial charge in [0.15, 0.2) is 0 Å². The minimum atomic E-state index is -0.0798. The Morgan fingerprint density at radius 2 is 1.70 bits per heavy atom. The minimum absolute atomic E-state index is 0.0798. The molecule has 2 heterocycles. The van der Waals surface area contributed by atoms with Crippen LogP contribution < -0.4 is 16.2 Å². The van der Waals surface area contributed by atoms with E-state index in [0.717, 1.165) is 32.4 Å². The van der Waals surface area contributed by atoms with E-state index in [2.05, 4.69) is 45.3 Å². The van der Waals surface area contributed by atoms with Crippen LogP contribution in [-0.2, 0) is 0 Å². The average Bonchev–Trinajstić information content (AvgIpc) is 3.20. The molecule has 27 heavy (non-hydrogen) atoms. The van der Waals surface area contributed by atoms with Crippen molar-refractivity contribution in [2.45, 2.75) is 37.5 Å². The second-order valence-electron chi connectivity index (χ2n) is 7.27. The summed E-state index contributed by atoms with van der Waals surface area (Å²) in [5.41, 5.74) is 8.71. The van der Waals surface area contributed by atoms with Crippen molar-refractivity contribution in [3.05, 3.63) is 70.7 Å². The number of carbonyl (C=O) groups is 1. The number of hydrogen-bond acceptors (Lipinski definition) is 4. The van der Waals surface area contributed by atoms with E-state index in [1.54, 1.807) is 12.1 Å². The number of carbonyl (C=O) groups excluding carboxylic acids is 1. The predicted molar refractivity (Wildman–Crippen MR) is 107 cm³/mol. The average molecular weight is 385 g/mol. The molecule has 5 nitrogen and oxygen atoms in total. The van der Waals surface area contributed by atoms with Crippen LogP contribution >= 0.6 is 11.6 Å². The lowest BCUT2D eigenvalue weighted by Crippen LogP contribution is -2.51. The standard InChI is InChI=1S/C21H25ClN4O/c22-18-9-5-4-8-17(18)21(27)23-16-10-12-26(13-11-16)20-14-19(24-25-20)15-6-2-1-3-7-15/h1-9,16,19-20,24-25H,10-14H2,(H,23,27). The highest BCUT2D eigenvalue weighted by Gasteiger charge is 2.32. The van der Waals surface area contributed by atoms with Crippen molar-refractivity contribution in [3.8, 4) is 0 Å². The first-order valence-corrected chi connectivity index (χ1v) is 9.94. The van der Waals surface area contributed by atoms with Crippen molar-refractivity contribution in [1.82, 2.24) is 21.1 Å². The lowest BCUT2D eigenvalue weighted by molar-refractivity contribution is 0.0880. The molecule has 2 aromatic carbocycles. The number of benzene rings is 2. The summed E-state index contributed by atoms with van der Waals surface area (Å²) in [7, 11) is 0. The van der Waals surface area contributed by atoms with Gasteiger partial charge >= 0.3 is 0 Å². The van der Waals surface area contributed by atoms with Crippen LogP contribution in [0.25, 0.3) is 0 Å². The molecule has 1 amide bonds. The van der Waals surface area contributed by atoms with Gasteiger partial charge in [-0.25, -0.2) is 10.9 Å². The van der Waals surface area contributed by atoms with Crippen LogP contribution in [-0.4, -0.2) is 36.1 Å². The van der Waals surface area contributed by atoms with E-state index in [0.29, 0.717) is 22.8 Å². The van der Waals surface area contributed by atoms with E-state index in [-0.39, 0.29) is 11.9 Å². The highest BCUT2D eigenvalue weighted by molar-refractivity contribution is 6.33. The molecule has 0 saturated carbocycles. The maximum Gasteiger partial charge on any atom is 0.253 e. The van der Waals surface area contributed by atoms with Crippen LogP contribution in [0.1, 0.15) is 41.2 Å². The van der Waals surface area contributed by atoms with E-state index in [9.17, 15) is 4.79 Å². The van der Waals surface area contributed by atoms with Gasteiger partial charge in [0.1, 0.15) is 0 Å². The number of amides is 1. The lowest BCUT2D eigenvalue weighted by Gasteiger charge is -2.35. The summed E-state index contributed by atoms with van der Waals surface area (Å²) in [6.07, 6.45) is 3.27. The Morgan fingerprint density at radius 1 is 1.00 bits per heavy atom. The van der Waals surface area contributed by atoms with Crippen LogP contribution in [0.15, 0.2) is 54.6 Å². The number of rotatable bonds is 4. The zero-order valence-corrected chi connectivity index (χ0v) is 16.0. The van der Waals surface area contributed by atoms with Gasteiger partial charge in [-0.1, -0.05) is 54.1 Å². The monoisotopic (exact) mass is 384 g/mol. The third kappa shape index (κ3) is 4.33. The number of nitrogens with zero attached hydrogens (tertiary/aromatic N) is 1. The summed E-state index contributed by atoms with van der Waals surface area (Å²) in [5, 5.41) is 3.64. The second-order valence-corrected chi connectivity index (χ2v) is 7.67. The van der Waals surface area contributed by atoms with Gasteiger partial charge in [-0.2, -0.15) is 0 Å². The molecule has 2 aliphatic rings. The maximum absolute atomic E-state index is 12.4. The molecule has 0 bridgehead atoms. The van der Waals surface area contributed by atoms with E-state index >= 15 is 0 Å². The van der Waals surface area contributed by atoms with Crippen LogP contribution in [0.2, 0.25) is 5.02 Å². The number of piperidine rings is 1. The molecule has 2 saturated heterocycles. The minimum Gasteiger partial charge on any atom is -0.349 e. The van der Waals surface area contributed by atoms with Gasteiger partial charge in [0.25, 0.3) is 5.91 Å². The van der Waals surface area contributed by atoms with Crippen LogP contribution in [0.3, 0.4) is 0 Å². The van der Waals surface area contributed by atoms with Gasteiger partial charge in [0.2, 0.25) is 0 Å². The molecule has 2 aliphatic heterocycles. The Hall–Kier alpha value is -1.92. The molecular formula is C21H25ClN4O. The Labute approximate surface area is 165 Å². The second kappa shape index (κ2) is 8.40. The topological polar surface area (TPSA) is 56.4 Å². The lowest BCUT2D eigenvalue weighted by atomic mass is 10.0. The molecule has 6 heteroatoms. The fourth-order valence-electron chi connectivity index (χ4n) is 3.95. The summed E-state index contributed by atoms with van der Waals surface area (Å²) in [6.45, 7) is 1.93. The molecule has 2 fully saturated rings. The number of nitrogens with one attached hydrogen (secondary N) is 3. The van der Waals surface area contributed by atoms with Gasteiger partial charge in [0.05, 0.1) is 16.8 Å². The molecule has 3 N–H and O–H groups in total. The van der Waals surface area contributed by atoms with Crippen molar-refractivity contribution in [3.63, 3.8) is 0 Å². The Kier molecular flexibility index (Phi) is 5.74. The Balaban J connectivity index is 1.27. The van der Waals surface area contributed by atoms with E-state index in [1.807, 2.05) is 18.2 Å². The molecule has 2 aromatic rings. The van der Waals surface area contributed by atoms with E-state index < -0.39 is 0 Å². The highest BCUT2D eigenvalue weighted by Crippen LogP contribution is 2.25. The van der Waals surface area contributed by atoms with Crippen molar-refractivity contribution in [2.24, 2.45) is 0 Å². The van der Waals surface area contributed by atoms with E-state index in [4.69, 9.17) is 11.6 Å². The molecule has 0 spiro atoms. The van der Waals surface area contributed by atoms with Gasteiger partial charge in [0, 0.05) is 25.2 Å². The Morgan fingerprint density at radius 3 is 2.44 bits per heavy atom. The molecule has 2 atom stereocenters. The first-order chi connectivity index (χ1) is 13.2. The third-order valence-corrected chi connectivity index (χ3v) is 5.84. The normalized spacial score (nSPS) is 24.0. The number of likely N-dealkylation sites (tertiary alicyclic amines) is 1. The quantitative estimate of drug-likeness (QED) is 0.758. The molecule has 0 radical (unpaired) electrons. The van der Waals surface area contributed by atoms with Crippen LogP contribution in [0, 0.1) is 0 Å². The maximum atomic E-state index is 12.4. The fourth-order valence-corrected chi connectivity index (χ4v) is 4.17. The number of hydrazine groups is 1. The van der Waals surface area contributed by atoms with Crippen molar-refractivity contribution >= 4 is 17.5 Å². The fraction of sp³-hybridized carbons (Fsp3) is 0.381. The van der Waals surface area contributed by atoms with Crippen LogP contribution in [0.5, 0.6) is 0 Å². The molecular weight excluding hydrogens is 360 g/mol. The Bertz CT molecular complexity index is 777. The van der Waals surface area contributed by atoms with E-state index in [1.165, 1.54) is 5.56 Å². The molecule has 0 aromatic heterocycles. The van der Waals surface area contributed by atoms with Gasteiger partial charge in [-0.3, -0.25) is 9.69 Å². The summed E-state index contributed by atoms with van der Waals surface area (Å²) >= 11 is 6.13. The van der Waals surface area contributed by atoms with Gasteiger partial charge in [-0.05, 0) is 37.0 Å². The summed E-state index contributed by atoms with van der Waals surface area (Å²) in [4.78, 5) is 14.9. The third-order valence-electron chi connectivity index (χ3n) is 5.51. The highest BCUT2D eigenvalue weighted by atomic mass is 35.5. The van der Waals surface area contributed by atoms with Gasteiger partial charge in [-0.15, -0.1) is 0 Å². The summed E-state index contributed by atoms with van der Waals surface area (Å²) in [5.74, 6) is -0.0798. The molecule has 2 unspecified atom stereocenters. The first-order valence-electron chi connectivity index (χ1n) is 9.56. The largest absolute Gasteiger partial charge is 0.349 e. The zero-order chi connectivity index (χ0) is 18.6. The summed E-state index contributed by atoms with van der Waals surface area (Å²) < 4.78 is 0. The molecule has 4 rings (SSSR count). The number of hydrogen-bond donors (Lipinski definition) is 3. The van der Waals surface area contributed by atoms with Gasteiger partial charge < -0.3 is 5.32 Å². The first kappa shape index (κ1) is 18.4. The smallest absolute Gasteiger partial charge is 0.253 e. The molecule has 142 valence electrons. The van der Waals surface area contributed by atoms with Crippen molar-refractivity contribution in [1.29, 1.82) is 0 Å². The number of halogens is 1.